The minimum Gasteiger partial charge on any atom is -0.303 e. The summed E-state index contributed by atoms with van der Waals surface area (Å²) in [4.78, 5) is 11.6. The molecule has 2 aromatic rings. The summed E-state index contributed by atoms with van der Waals surface area (Å²) in [6.45, 7) is 0. The fourth-order valence-electron chi connectivity index (χ4n) is 1.61. The number of carbonyl (C=O) groups is 1. The molecular formula is C13H11ClOS. The average Bonchev–Trinajstić information content (AvgIpc) is 2.75. The highest BCUT2D eigenvalue weighted by molar-refractivity contribution is 7.10. The van der Waals surface area contributed by atoms with Crippen LogP contribution in [0.25, 0.3) is 11.1 Å². The predicted octanol–water partition coefficient (Wildman–Crippen LogP) is 4.20. The molecule has 0 atom stereocenters. The number of hydrogen-bond donors (Lipinski definition) is 0. The van der Waals surface area contributed by atoms with E-state index in [-0.39, 0.29) is 0 Å². The zero-order valence-corrected chi connectivity index (χ0v) is 10.2. The molecule has 0 amide bonds. The standard InChI is InChI=1S/C13H11ClOS/c14-11-5-3-10(4-6-11)12-7-9-16-13(12)2-1-8-15/h3-9H,1-2H2. The van der Waals surface area contributed by atoms with E-state index >= 15 is 0 Å². The fourth-order valence-corrected chi connectivity index (χ4v) is 2.65. The molecule has 0 saturated carbocycles. The maximum atomic E-state index is 10.4. The van der Waals surface area contributed by atoms with Crippen molar-refractivity contribution in [2.24, 2.45) is 0 Å². The van der Waals surface area contributed by atoms with Crippen LogP contribution in [0.1, 0.15) is 11.3 Å². The molecule has 3 heteroatoms. The Morgan fingerprint density at radius 2 is 1.94 bits per heavy atom. The minimum atomic E-state index is 0.584. The second kappa shape index (κ2) is 5.28. The largest absolute Gasteiger partial charge is 0.303 e. The Kier molecular flexibility index (Phi) is 3.75. The van der Waals surface area contributed by atoms with Crippen molar-refractivity contribution in [1.29, 1.82) is 0 Å². The Morgan fingerprint density at radius 1 is 1.19 bits per heavy atom. The van der Waals surface area contributed by atoms with Crippen molar-refractivity contribution >= 4 is 29.2 Å². The van der Waals surface area contributed by atoms with Crippen LogP contribution in [0.4, 0.5) is 0 Å². The molecule has 2 rings (SSSR count). The predicted molar refractivity (Wildman–Crippen MR) is 69.2 cm³/mol. The number of carbonyl (C=O) groups excluding carboxylic acids is 1. The van der Waals surface area contributed by atoms with Crippen LogP contribution in [0.3, 0.4) is 0 Å². The molecule has 0 aliphatic carbocycles. The number of hydrogen-bond acceptors (Lipinski definition) is 2. The number of rotatable bonds is 4. The molecule has 16 heavy (non-hydrogen) atoms. The highest BCUT2D eigenvalue weighted by Gasteiger charge is 2.06. The summed E-state index contributed by atoms with van der Waals surface area (Å²) in [5.74, 6) is 0. The van der Waals surface area contributed by atoms with Gasteiger partial charge in [0.1, 0.15) is 6.29 Å². The molecule has 0 radical (unpaired) electrons. The van der Waals surface area contributed by atoms with Gasteiger partial charge in [0.2, 0.25) is 0 Å². The summed E-state index contributed by atoms with van der Waals surface area (Å²) < 4.78 is 0. The SMILES string of the molecule is O=CCCc1sccc1-c1ccc(Cl)cc1. The molecule has 0 bridgehead atoms. The van der Waals surface area contributed by atoms with Gasteiger partial charge in [0, 0.05) is 16.3 Å². The zero-order valence-electron chi connectivity index (χ0n) is 8.65. The van der Waals surface area contributed by atoms with Gasteiger partial charge in [-0.3, -0.25) is 0 Å². The van der Waals surface area contributed by atoms with E-state index in [4.69, 9.17) is 11.6 Å². The monoisotopic (exact) mass is 250 g/mol. The lowest BCUT2D eigenvalue weighted by molar-refractivity contribution is -0.107. The van der Waals surface area contributed by atoms with Gasteiger partial charge in [-0.25, -0.2) is 0 Å². The smallest absolute Gasteiger partial charge is 0.120 e. The second-order valence-corrected chi connectivity index (χ2v) is 4.91. The van der Waals surface area contributed by atoms with E-state index in [9.17, 15) is 4.79 Å². The van der Waals surface area contributed by atoms with Gasteiger partial charge in [-0.15, -0.1) is 11.3 Å². The molecular weight excluding hydrogens is 240 g/mol. The Hall–Kier alpha value is -1.12. The molecule has 1 aromatic carbocycles. The normalized spacial score (nSPS) is 10.3. The molecule has 0 aliphatic rings. The van der Waals surface area contributed by atoms with Crippen molar-refractivity contribution in [3.8, 4) is 11.1 Å². The lowest BCUT2D eigenvalue weighted by Gasteiger charge is -2.02. The van der Waals surface area contributed by atoms with Crippen LogP contribution in [0.2, 0.25) is 5.02 Å². The van der Waals surface area contributed by atoms with E-state index in [2.05, 4.69) is 11.4 Å². The van der Waals surface area contributed by atoms with Crippen LogP contribution in [0.5, 0.6) is 0 Å². The van der Waals surface area contributed by atoms with Gasteiger partial charge in [-0.2, -0.15) is 0 Å². The maximum absolute atomic E-state index is 10.4. The van der Waals surface area contributed by atoms with Gasteiger partial charge in [0.15, 0.2) is 0 Å². The molecule has 1 heterocycles. The third kappa shape index (κ3) is 2.52. The molecule has 0 saturated heterocycles. The number of thiophene rings is 1. The summed E-state index contributed by atoms with van der Waals surface area (Å²) >= 11 is 7.55. The second-order valence-electron chi connectivity index (χ2n) is 3.47. The van der Waals surface area contributed by atoms with E-state index in [1.165, 1.54) is 10.4 Å². The highest BCUT2D eigenvalue weighted by Crippen LogP contribution is 2.29. The van der Waals surface area contributed by atoms with E-state index in [1.54, 1.807) is 11.3 Å². The molecule has 0 spiro atoms. The quantitative estimate of drug-likeness (QED) is 0.744. The molecule has 82 valence electrons. The molecule has 0 unspecified atom stereocenters. The van der Waals surface area contributed by atoms with Crippen LogP contribution in [-0.2, 0) is 11.2 Å². The van der Waals surface area contributed by atoms with Gasteiger partial charge < -0.3 is 4.79 Å². The van der Waals surface area contributed by atoms with Crippen molar-refractivity contribution in [2.45, 2.75) is 12.8 Å². The molecule has 0 aliphatic heterocycles. The third-order valence-electron chi connectivity index (χ3n) is 2.39. The fraction of sp³-hybridized carbons (Fsp3) is 0.154. The van der Waals surface area contributed by atoms with Crippen molar-refractivity contribution < 1.29 is 4.79 Å². The van der Waals surface area contributed by atoms with E-state index in [1.807, 2.05) is 24.3 Å². The van der Waals surface area contributed by atoms with Crippen LogP contribution in [0.15, 0.2) is 35.7 Å². The van der Waals surface area contributed by atoms with Gasteiger partial charge in [-0.05, 0) is 41.1 Å². The van der Waals surface area contributed by atoms with E-state index in [0.717, 1.165) is 23.3 Å². The van der Waals surface area contributed by atoms with Gasteiger partial charge in [-0.1, -0.05) is 23.7 Å². The van der Waals surface area contributed by atoms with Crippen molar-refractivity contribution in [1.82, 2.24) is 0 Å². The number of halogens is 1. The summed E-state index contributed by atoms with van der Waals surface area (Å²) in [5.41, 5.74) is 2.37. The van der Waals surface area contributed by atoms with Crippen molar-refractivity contribution in [3.63, 3.8) is 0 Å². The first-order valence-corrected chi connectivity index (χ1v) is 6.33. The first kappa shape index (κ1) is 11.4. The Morgan fingerprint density at radius 3 is 2.62 bits per heavy atom. The Balaban J connectivity index is 2.29. The molecule has 1 nitrogen and oxygen atoms in total. The van der Waals surface area contributed by atoms with Crippen LogP contribution in [-0.4, -0.2) is 6.29 Å². The van der Waals surface area contributed by atoms with Crippen molar-refractivity contribution in [2.75, 3.05) is 0 Å². The third-order valence-corrected chi connectivity index (χ3v) is 3.62. The molecule has 1 aromatic heterocycles. The number of benzene rings is 1. The van der Waals surface area contributed by atoms with Crippen LogP contribution < -0.4 is 0 Å². The van der Waals surface area contributed by atoms with E-state index < -0.39 is 0 Å². The van der Waals surface area contributed by atoms with Crippen LogP contribution in [0, 0.1) is 0 Å². The Labute approximate surface area is 104 Å². The van der Waals surface area contributed by atoms with Gasteiger partial charge >= 0.3 is 0 Å². The first-order chi connectivity index (χ1) is 7.81. The summed E-state index contributed by atoms with van der Waals surface area (Å²) in [5, 5.41) is 2.80. The zero-order chi connectivity index (χ0) is 11.4. The lowest BCUT2D eigenvalue weighted by Crippen LogP contribution is -1.85. The lowest BCUT2D eigenvalue weighted by atomic mass is 10.1. The molecule has 0 fully saturated rings. The summed E-state index contributed by atoms with van der Waals surface area (Å²) in [6.07, 6.45) is 2.37. The first-order valence-electron chi connectivity index (χ1n) is 5.07. The molecule has 0 N–H and O–H groups in total. The maximum Gasteiger partial charge on any atom is 0.120 e. The van der Waals surface area contributed by atoms with Gasteiger partial charge in [0.25, 0.3) is 0 Å². The van der Waals surface area contributed by atoms with Gasteiger partial charge in [0.05, 0.1) is 0 Å². The number of aryl methyl sites for hydroxylation is 1. The highest BCUT2D eigenvalue weighted by atomic mass is 35.5. The number of aldehydes is 1. The Bertz CT molecular complexity index is 473. The minimum absolute atomic E-state index is 0.584. The summed E-state index contributed by atoms with van der Waals surface area (Å²) in [7, 11) is 0. The van der Waals surface area contributed by atoms with Crippen molar-refractivity contribution in [3.05, 3.63) is 45.6 Å². The topological polar surface area (TPSA) is 17.1 Å². The summed E-state index contributed by atoms with van der Waals surface area (Å²) in [6, 6.07) is 9.88. The van der Waals surface area contributed by atoms with Crippen LogP contribution >= 0.6 is 22.9 Å². The average molecular weight is 251 g/mol. The van der Waals surface area contributed by atoms with E-state index in [0.29, 0.717) is 6.42 Å².